The second kappa shape index (κ2) is 22.6. The summed E-state index contributed by atoms with van der Waals surface area (Å²) in [6.45, 7) is 2.75. The van der Waals surface area contributed by atoms with Crippen molar-refractivity contribution in [3.8, 4) is 51.7 Å². The standard InChI is InChI=1S/C74H75NO11S2/c1-41(76)85-66-31-54-30-59-57-33-68(64(79)26-49(57)24-60-63(78)34-61-58-32-65(80)67(83-2)27-50(58)25-62(66)74(61,70(59)60)52-15-12-45-9-3-4-10-46(45)22-52)84-38-69(81)88-87-39-44-20-42-16-19-72(17-5-6-18-72)40-75-37-43-8-7-11-47(21-43)56-29-53(77)23-48-13-14-51(28-55(48)56)73(35-42,36-44)71(82)86-54/h3-4,7-15,21-23,26-29,32-33,42,44,54,59-63,66,69-70,75,77-81H,5-6,17-18,20,24-25,30-31,34-40H2,1-2H3/t42-,44-,54+,59+,60+,61+,62-,63-,66-,69+,70-,73-,74-/m1/s1. The van der Waals surface area contributed by atoms with Crippen LogP contribution >= 0.6 is 21.6 Å². The van der Waals surface area contributed by atoms with Gasteiger partial charge in [0.25, 0.3) is 0 Å². The molecule has 2 aliphatic heterocycles. The fourth-order valence-corrected chi connectivity index (χ4v) is 20.7. The number of hydrogen-bond acceptors (Lipinski definition) is 14. The Morgan fingerprint density at radius 2 is 1.60 bits per heavy atom. The van der Waals surface area contributed by atoms with Gasteiger partial charge in [-0.3, -0.25) is 9.59 Å². The van der Waals surface area contributed by atoms with E-state index >= 15 is 4.79 Å². The first-order chi connectivity index (χ1) is 42.7. The number of phenols is 3. The van der Waals surface area contributed by atoms with Crippen molar-refractivity contribution in [2.24, 2.45) is 35.0 Å². The zero-order chi connectivity index (χ0) is 60.2. The monoisotopic (exact) mass is 1220 g/mol. The average Bonchev–Trinajstić information content (AvgIpc) is 0.725. The lowest BCUT2D eigenvalue weighted by atomic mass is 9.38. The molecule has 11 bridgehead atoms. The molecule has 0 unspecified atom stereocenters. The molecular formula is C74H75NO11S2. The number of rotatable bonds is 3. The second-order valence-electron chi connectivity index (χ2n) is 27.0. The first kappa shape index (κ1) is 57.6. The van der Waals surface area contributed by atoms with E-state index in [0.29, 0.717) is 50.2 Å². The van der Waals surface area contributed by atoms with Gasteiger partial charge in [-0.05, 0) is 208 Å². The lowest BCUT2D eigenvalue weighted by molar-refractivity contribution is -0.175. The van der Waals surface area contributed by atoms with Crippen LogP contribution in [-0.4, -0.2) is 87.2 Å². The number of aliphatic hydroxyl groups excluding tert-OH is 2. The molecule has 13 atom stereocenters. The third-order valence-corrected chi connectivity index (χ3v) is 24.6. The molecule has 8 aliphatic rings. The van der Waals surface area contributed by atoms with Crippen LogP contribution in [0.25, 0.3) is 32.7 Å². The Morgan fingerprint density at radius 3 is 2.44 bits per heavy atom. The Hall–Kier alpha value is -6.86. The average molecular weight is 1220 g/mol. The summed E-state index contributed by atoms with van der Waals surface area (Å²) in [4.78, 5) is 31.1. The maximum Gasteiger partial charge on any atom is 0.316 e. The highest BCUT2D eigenvalue weighted by Gasteiger charge is 2.67. The Bertz CT molecular complexity index is 4000. The zero-order valence-electron chi connectivity index (χ0n) is 49.7. The van der Waals surface area contributed by atoms with Gasteiger partial charge in [0.15, 0.2) is 23.0 Å². The lowest BCUT2D eigenvalue weighted by Gasteiger charge is -2.66. The molecule has 4 saturated carbocycles. The van der Waals surface area contributed by atoms with E-state index in [1.165, 1.54) is 24.8 Å². The van der Waals surface area contributed by atoms with Crippen molar-refractivity contribution >= 4 is 55.1 Å². The van der Waals surface area contributed by atoms with E-state index in [9.17, 15) is 30.3 Å². The van der Waals surface area contributed by atoms with Crippen LogP contribution in [0.1, 0.15) is 122 Å². The third kappa shape index (κ3) is 9.88. The summed E-state index contributed by atoms with van der Waals surface area (Å²) in [5, 5.41) is 67.7. The molecular weight excluding hydrogens is 1140 g/mol. The summed E-state index contributed by atoms with van der Waals surface area (Å²) in [5.74, 6) is 5.81. The van der Waals surface area contributed by atoms with E-state index in [2.05, 4.69) is 83.9 Å². The normalized spacial score (nSPS) is 31.2. The number of ether oxygens (including phenoxy) is 4. The summed E-state index contributed by atoms with van der Waals surface area (Å²) in [6, 6.07) is 40.7. The molecule has 6 N–H and O–H groups in total. The van der Waals surface area contributed by atoms with Crippen LogP contribution in [0, 0.1) is 46.8 Å². The van der Waals surface area contributed by atoms with Crippen molar-refractivity contribution in [2.75, 3.05) is 26.0 Å². The highest BCUT2D eigenvalue weighted by Crippen LogP contribution is 2.70. The maximum atomic E-state index is 17.0. The Morgan fingerprint density at radius 1 is 0.784 bits per heavy atom. The molecule has 14 heteroatoms. The van der Waals surface area contributed by atoms with Gasteiger partial charge in [-0.1, -0.05) is 119 Å². The highest BCUT2D eigenvalue weighted by atomic mass is 33.1. The Kier molecular flexibility index (Phi) is 14.8. The molecule has 7 aromatic carbocycles. The van der Waals surface area contributed by atoms with Crippen molar-refractivity contribution in [2.45, 2.75) is 137 Å². The van der Waals surface area contributed by atoms with E-state index in [1.54, 1.807) is 22.9 Å². The summed E-state index contributed by atoms with van der Waals surface area (Å²) >= 11 is 0. The van der Waals surface area contributed by atoms with Gasteiger partial charge in [0.2, 0.25) is 0 Å². The van der Waals surface area contributed by atoms with Crippen LogP contribution < -0.4 is 14.8 Å². The minimum Gasteiger partial charge on any atom is -0.508 e. The number of phenolic OH excluding ortho intramolecular Hbond substituents is 3. The molecule has 0 saturated heterocycles. The summed E-state index contributed by atoms with van der Waals surface area (Å²) in [5.41, 5.74) is 5.00. The van der Waals surface area contributed by atoms with E-state index < -0.39 is 70.1 Å². The topological polar surface area (TPSA) is 184 Å². The minimum absolute atomic E-state index is 0.00356. The number of methoxy groups -OCH3 is 1. The quantitative estimate of drug-likeness (QED) is 0.0558. The van der Waals surface area contributed by atoms with Crippen LogP contribution in [0.5, 0.6) is 28.7 Å². The number of carbonyl (C=O) groups is 2. The molecule has 15 rings (SSSR count). The molecule has 0 aromatic heterocycles. The maximum absolute atomic E-state index is 17.0. The number of carbonyl (C=O) groups excluding carboxylic acids is 2. The smallest absolute Gasteiger partial charge is 0.316 e. The van der Waals surface area contributed by atoms with Gasteiger partial charge >= 0.3 is 11.9 Å². The molecule has 12 nitrogen and oxygen atoms in total. The number of hydrogen-bond donors (Lipinski definition) is 6. The largest absolute Gasteiger partial charge is 0.508 e. The third-order valence-electron chi connectivity index (χ3n) is 22.0. The molecule has 88 heavy (non-hydrogen) atoms. The van der Waals surface area contributed by atoms with Gasteiger partial charge in [0.05, 0.1) is 18.6 Å². The van der Waals surface area contributed by atoms with Crippen LogP contribution in [0.15, 0.2) is 121 Å². The molecule has 0 radical (unpaired) electrons. The van der Waals surface area contributed by atoms with Gasteiger partial charge in [0, 0.05) is 54.9 Å². The van der Waals surface area contributed by atoms with Gasteiger partial charge in [-0.25, -0.2) is 0 Å². The number of aliphatic hydroxyl groups is 2. The molecule has 2 spiro atoms. The van der Waals surface area contributed by atoms with Crippen molar-refractivity contribution in [3.05, 3.63) is 160 Å². The molecule has 4 fully saturated rings. The highest BCUT2D eigenvalue weighted by molar-refractivity contribution is 8.76. The lowest BCUT2D eigenvalue weighted by Crippen LogP contribution is -2.65. The predicted molar refractivity (Wildman–Crippen MR) is 343 cm³/mol. The van der Waals surface area contributed by atoms with Crippen molar-refractivity contribution in [1.82, 2.24) is 5.32 Å². The number of fused-ring (bicyclic) bond motifs is 11. The fraction of sp³-hybridized carbons (Fsp3) is 0.432. The fourth-order valence-electron chi connectivity index (χ4n) is 18.5. The number of benzene rings is 7. The van der Waals surface area contributed by atoms with Crippen LogP contribution in [0.4, 0.5) is 0 Å². The van der Waals surface area contributed by atoms with Crippen LogP contribution in [0.3, 0.4) is 0 Å². The minimum atomic E-state index is -1.25. The summed E-state index contributed by atoms with van der Waals surface area (Å²) < 4.78 is 26.7. The SMILES string of the molecule is COc1cc2c(cc1O)[C@@H]1C[C@@H](O)[C@@H]3Cc4cc(O)c5cc4[C@@H]4C[C@@H](C[C@@H](OC(C)=O)[C@@H](C2)[C@]1(c1ccc2ccccc2c1)[C@@H]34)OC(=O)[C@@]12C[C@H](C#CC3(CCCC3)CNCc3cccc(c3)-c3cc(O)cc4ccc1cc34)C[C@@H](CSS[C@H](O)CO5)C2. The molecule has 0 amide bonds. The van der Waals surface area contributed by atoms with E-state index in [-0.39, 0.29) is 65.7 Å². The van der Waals surface area contributed by atoms with Crippen LogP contribution in [-0.2, 0) is 49.3 Å². The Balaban J connectivity index is 0.962. The first-order valence-corrected chi connectivity index (χ1v) is 34.1. The first-order valence-electron chi connectivity index (χ1n) is 31.7. The van der Waals surface area contributed by atoms with Gasteiger partial charge in [-0.15, -0.1) is 0 Å². The number of aromatic hydroxyl groups is 3. The van der Waals surface area contributed by atoms with Crippen molar-refractivity contribution in [1.29, 1.82) is 0 Å². The van der Waals surface area contributed by atoms with E-state index in [4.69, 9.17) is 18.9 Å². The van der Waals surface area contributed by atoms with Gasteiger partial charge in [0.1, 0.15) is 30.0 Å². The molecule has 2 heterocycles. The van der Waals surface area contributed by atoms with Crippen molar-refractivity contribution < 1.29 is 54.1 Å². The van der Waals surface area contributed by atoms with Crippen molar-refractivity contribution in [3.63, 3.8) is 0 Å². The molecule has 7 aromatic rings. The second-order valence-corrected chi connectivity index (χ2v) is 29.6. The number of esters is 2. The van der Waals surface area contributed by atoms with Gasteiger partial charge < -0.3 is 49.8 Å². The zero-order valence-corrected chi connectivity index (χ0v) is 51.3. The van der Waals surface area contributed by atoms with E-state index in [0.717, 1.165) is 110 Å². The van der Waals surface area contributed by atoms with Gasteiger partial charge in [-0.2, -0.15) is 0 Å². The molecule has 6 aliphatic carbocycles. The molecule has 454 valence electrons. The summed E-state index contributed by atoms with van der Waals surface area (Å²) in [6.07, 6.45) is 4.77. The number of nitrogens with one attached hydrogen (secondary N) is 1. The van der Waals surface area contributed by atoms with E-state index in [1.807, 2.05) is 42.5 Å². The Labute approximate surface area is 521 Å². The van der Waals surface area contributed by atoms with Crippen LogP contribution in [0.2, 0.25) is 0 Å². The summed E-state index contributed by atoms with van der Waals surface area (Å²) in [7, 11) is 4.41. The predicted octanol–water partition coefficient (Wildman–Crippen LogP) is 13.1.